The normalized spacial score (nSPS) is 10.8. The van der Waals surface area contributed by atoms with Crippen LogP contribution in [0.25, 0.3) is 0 Å². The van der Waals surface area contributed by atoms with Gasteiger partial charge in [-0.25, -0.2) is 9.59 Å². The average molecular weight is 392 g/mol. The van der Waals surface area contributed by atoms with Gasteiger partial charge in [-0.3, -0.25) is 0 Å². The van der Waals surface area contributed by atoms with Crippen LogP contribution >= 0.6 is 15.9 Å². The molecular formula is C14H15BrFNO6. The van der Waals surface area contributed by atoms with E-state index in [0.717, 1.165) is 20.3 Å². The van der Waals surface area contributed by atoms with Crippen LogP contribution in [0.1, 0.15) is 0 Å². The second kappa shape index (κ2) is 8.37. The van der Waals surface area contributed by atoms with Crippen LogP contribution in [0.5, 0.6) is 11.5 Å². The van der Waals surface area contributed by atoms with Gasteiger partial charge in [-0.2, -0.15) is 4.39 Å². The molecule has 0 aromatic heterocycles. The number of hydrogen-bond acceptors (Lipinski definition) is 7. The van der Waals surface area contributed by atoms with E-state index in [9.17, 15) is 14.0 Å². The summed E-state index contributed by atoms with van der Waals surface area (Å²) in [4.78, 5) is 23.1. The van der Waals surface area contributed by atoms with Crippen LogP contribution in [0.2, 0.25) is 0 Å². The number of methoxy groups -OCH3 is 4. The second-order valence-corrected chi connectivity index (χ2v) is 4.84. The van der Waals surface area contributed by atoms with Gasteiger partial charge in [0.15, 0.2) is 11.5 Å². The highest BCUT2D eigenvalue weighted by atomic mass is 79.9. The molecule has 0 radical (unpaired) electrons. The Kier molecular flexibility index (Phi) is 6.83. The minimum absolute atomic E-state index is 0.0658. The van der Waals surface area contributed by atoms with Crippen molar-refractivity contribution in [2.75, 3.05) is 33.8 Å². The van der Waals surface area contributed by atoms with Gasteiger partial charge in [0.25, 0.3) is 0 Å². The first-order valence-electron chi connectivity index (χ1n) is 6.14. The van der Waals surface area contributed by atoms with E-state index in [1.165, 1.54) is 20.3 Å². The Hall–Kier alpha value is -2.29. The topological polar surface area (TPSA) is 83.1 Å². The van der Waals surface area contributed by atoms with Crippen molar-refractivity contribution in [3.05, 3.63) is 28.1 Å². The molecule has 0 atom stereocenters. The summed E-state index contributed by atoms with van der Waals surface area (Å²) in [5.41, 5.74) is -0.174. The molecule has 1 rings (SSSR count). The van der Waals surface area contributed by atoms with Crippen LogP contribution < -0.4 is 14.8 Å². The molecular weight excluding hydrogens is 377 g/mol. The van der Waals surface area contributed by atoms with E-state index in [4.69, 9.17) is 9.47 Å². The summed E-state index contributed by atoms with van der Waals surface area (Å²) < 4.78 is 33.5. The van der Waals surface area contributed by atoms with Crippen molar-refractivity contribution in [1.29, 1.82) is 0 Å². The third-order valence-corrected chi connectivity index (χ3v) is 3.27. The number of benzene rings is 1. The summed E-state index contributed by atoms with van der Waals surface area (Å²) in [6, 6.07) is 1.43. The van der Waals surface area contributed by atoms with Crippen molar-refractivity contribution >= 4 is 33.6 Å². The average Bonchev–Trinajstić information content (AvgIpc) is 2.53. The zero-order valence-electron chi connectivity index (χ0n) is 12.9. The van der Waals surface area contributed by atoms with Crippen LogP contribution in [-0.4, -0.2) is 40.4 Å². The number of carbonyl (C=O) groups excluding carboxylic acids is 2. The molecule has 0 aliphatic heterocycles. The van der Waals surface area contributed by atoms with Gasteiger partial charge in [-0.05, 0) is 22.0 Å². The van der Waals surface area contributed by atoms with Gasteiger partial charge in [0.1, 0.15) is 5.70 Å². The lowest BCUT2D eigenvalue weighted by Crippen LogP contribution is -2.16. The molecule has 0 aliphatic carbocycles. The number of rotatable bonds is 6. The Balaban J connectivity index is 3.36. The fourth-order valence-electron chi connectivity index (χ4n) is 1.64. The second-order valence-electron chi connectivity index (χ2n) is 3.98. The van der Waals surface area contributed by atoms with Gasteiger partial charge < -0.3 is 24.3 Å². The minimum Gasteiger partial charge on any atom is -0.492 e. The Morgan fingerprint density at radius 3 is 2.22 bits per heavy atom. The minimum atomic E-state index is -0.843. The van der Waals surface area contributed by atoms with Gasteiger partial charge in [0, 0.05) is 0 Å². The fraction of sp³-hybridized carbons (Fsp3) is 0.286. The molecule has 0 aliphatic rings. The summed E-state index contributed by atoms with van der Waals surface area (Å²) in [6.45, 7) is 0. The first-order valence-corrected chi connectivity index (χ1v) is 6.93. The first-order chi connectivity index (χ1) is 10.9. The molecule has 0 fully saturated rings. The number of hydrogen-bond donors (Lipinski definition) is 1. The zero-order chi connectivity index (χ0) is 17.6. The third kappa shape index (κ3) is 4.35. The number of esters is 2. The van der Waals surface area contributed by atoms with Gasteiger partial charge in [-0.15, -0.1) is 0 Å². The summed E-state index contributed by atoms with van der Waals surface area (Å²) in [5, 5.41) is 2.58. The summed E-state index contributed by atoms with van der Waals surface area (Å²) >= 11 is 3.14. The number of halogens is 2. The van der Waals surface area contributed by atoms with Crippen LogP contribution in [-0.2, 0) is 19.1 Å². The number of nitrogens with one attached hydrogen (secondary N) is 1. The van der Waals surface area contributed by atoms with Crippen LogP contribution in [0, 0.1) is 5.82 Å². The maximum Gasteiger partial charge on any atom is 0.354 e. The molecule has 1 N–H and O–H groups in total. The molecule has 0 heterocycles. The highest BCUT2D eigenvalue weighted by Crippen LogP contribution is 2.40. The lowest BCUT2D eigenvalue weighted by atomic mass is 10.2. The van der Waals surface area contributed by atoms with Crippen molar-refractivity contribution < 1.29 is 32.9 Å². The predicted octanol–water partition coefficient (Wildman–Crippen LogP) is 2.25. The maximum absolute atomic E-state index is 14.3. The fourth-order valence-corrected chi connectivity index (χ4v) is 2.21. The first kappa shape index (κ1) is 18.8. The van der Waals surface area contributed by atoms with E-state index >= 15 is 0 Å². The summed E-state index contributed by atoms with van der Waals surface area (Å²) in [7, 11) is 4.83. The van der Waals surface area contributed by atoms with Gasteiger partial charge >= 0.3 is 11.9 Å². The molecule has 9 heteroatoms. The van der Waals surface area contributed by atoms with E-state index in [1.807, 2.05) is 0 Å². The van der Waals surface area contributed by atoms with Gasteiger partial charge in [-0.1, -0.05) is 0 Å². The zero-order valence-corrected chi connectivity index (χ0v) is 14.4. The highest BCUT2D eigenvalue weighted by molar-refractivity contribution is 9.10. The lowest BCUT2D eigenvalue weighted by molar-refractivity contribution is -0.138. The molecule has 1 aromatic carbocycles. The van der Waals surface area contributed by atoms with E-state index in [2.05, 4.69) is 30.7 Å². The molecule has 1 aromatic rings. The highest BCUT2D eigenvalue weighted by Gasteiger charge is 2.21. The summed E-state index contributed by atoms with van der Waals surface area (Å²) in [6.07, 6.45) is 0.876. The molecule has 0 spiro atoms. The summed E-state index contributed by atoms with van der Waals surface area (Å²) in [5.74, 6) is -2.68. The SMILES string of the molecule is COC(=O)/C=C(/Nc1cc(Br)c(OC)c(F)c1OC)C(=O)OC. The smallest absolute Gasteiger partial charge is 0.354 e. The van der Waals surface area contributed by atoms with Gasteiger partial charge in [0.05, 0.1) is 44.7 Å². The Bertz CT molecular complexity index is 647. The van der Waals surface area contributed by atoms with Crippen molar-refractivity contribution in [2.24, 2.45) is 0 Å². The molecule has 0 saturated heterocycles. The van der Waals surface area contributed by atoms with E-state index in [1.54, 1.807) is 0 Å². The molecule has 0 saturated carbocycles. The van der Waals surface area contributed by atoms with Crippen molar-refractivity contribution in [2.45, 2.75) is 0 Å². The molecule has 7 nitrogen and oxygen atoms in total. The van der Waals surface area contributed by atoms with E-state index in [0.29, 0.717) is 0 Å². The van der Waals surface area contributed by atoms with Crippen LogP contribution in [0.3, 0.4) is 0 Å². The number of ether oxygens (including phenoxy) is 4. The lowest BCUT2D eigenvalue weighted by Gasteiger charge is -2.16. The molecule has 0 bridgehead atoms. The van der Waals surface area contributed by atoms with E-state index in [-0.39, 0.29) is 27.4 Å². The largest absolute Gasteiger partial charge is 0.492 e. The maximum atomic E-state index is 14.3. The van der Waals surface area contributed by atoms with Crippen molar-refractivity contribution in [3.63, 3.8) is 0 Å². The standard InChI is InChI=1S/C14H15BrFNO6/c1-20-10(18)6-9(14(19)23-4)17-8-5-7(15)12(21-2)11(16)13(8)22-3/h5-6,17H,1-4H3/b9-6+. The van der Waals surface area contributed by atoms with Gasteiger partial charge in [0.2, 0.25) is 5.82 Å². The van der Waals surface area contributed by atoms with Crippen LogP contribution in [0.4, 0.5) is 10.1 Å². The van der Waals surface area contributed by atoms with E-state index < -0.39 is 17.8 Å². The number of anilines is 1. The van der Waals surface area contributed by atoms with Crippen LogP contribution in [0.15, 0.2) is 22.3 Å². The molecule has 0 unspecified atom stereocenters. The Labute approximate surface area is 140 Å². The van der Waals surface area contributed by atoms with Crippen molar-refractivity contribution in [1.82, 2.24) is 0 Å². The number of carbonyl (C=O) groups is 2. The monoisotopic (exact) mass is 391 g/mol. The Morgan fingerprint density at radius 1 is 1.13 bits per heavy atom. The Morgan fingerprint density at radius 2 is 1.74 bits per heavy atom. The third-order valence-electron chi connectivity index (χ3n) is 2.68. The molecule has 0 amide bonds. The molecule has 23 heavy (non-hydrogen) atoms. The predicted molar refractivity (Wildman–Crippen MR) is 82.9 cm³/mol. The molecule has 126 valence electrons. The van der Waals surface area contributed by atoms with Crippen molar-refractivity contribution in [3.8, 4) is 11.5 Å². The quantitative estimate of drug-likeness (QED) is 0.587.